The van der Waals surface area contributed by atoms with Gasteiger partial charge in [0.05, 0.1) is 13.2 Å². The molecular weight excluding hydrogens is 577 g/mol. The van der Waals surface area contributed by atoms with Crippen molar-refractivity contribution in [2.24, 2.45) is 0 Å². The van der Waals surface area contributed by atoms with Crippen LogP contribution in [0.5, 0.6) is 0 Å². The summed E-state index contributed by atoms with van der Waals surface area (Å²) < 4.78 is 26.5. The van der Waals surface area contributed by atoms with Crippen LogP contribution in [-0.4, -0.2) is 64.9 Å². The Balaban J connectivity index is 3.91. The Morgan fingerprint density at radius 2 is 1.07 bits per heavy atom. The molecule has 0 aliphatic heterocycles. The molecule has 0 aromatic carbocycles. The molecule has 4 N–H and O–H groups in total. The molecule has 0 spiro atoms. The van der Waals surface area contributed by atoms with Crippen molar-refractivity contribution in [1.29, 1.82) is 0 Å². The van der Waals surface area contributed by atoms with Gasteiger partial charge >= 0.3 is 19.8 Å². The molecule has 254 valence electrons. The molecule has 0 bridgehead atoms. The number of carboxylic acids is 1. The smallest absolute Gasteiger partial charge is 0.472 e. The van der Waals surface area contributed by atoms with Crippen LogP contribution in [0.15, 0.2) is 0 Å². The summed E-state index contributed by atoms with van der Waals surface area (Å²) in [6, 6.07) is -1.53. The number of nitrogens with one attached hydrogen (secondary N) is 1. The highest BCUT2D eigenvalue weighted by molar-refractivity contribution is 7.47. The number of rotatable bonds is 31. The Labute approximate surface area is 259 Å². The Morgan fingerprint density at radius 3 is 1.53 bits per heavy atom. The molecular formula is C31H60NO10P. The van der Waals surface area contributed by atoms with Gasteiger partial charge in [0.25, 0.3) is 0 Å². The first-order valence-electron chi connectivity index (χ1n) is 16.6. The number of unbranched alkanes of at least 4 members (excludes halogenated alkanes) is 17. The summed E-state index contributed by atoms with van der Waals surface area (Å²) in [5, 5.41) is 21.5. The van der Waals surface area contributed by atoms with Gasteiger partial charge in [-0.05, 0) is 12.8 Å². The zero-order valence-corrected chi connectivity index (χ0v) is 27.7. The minimum atomic E-state index is -4.72. The van der Waals surface area contributed by atoms with Gasteiger partial charge in [0.2, 0.25) is 5.91 Å². The number of esters is 1. The molecule has 0 rings (SSSR count). The molecule has 12 heteroatoms. The molecule has 0 heterocycles. The number of carboxylic acid groups (broad SMARTS) is 1. The van der Waals surface area contributed by atoms with Crippen molar-refractivity contribution in [3.8, 4) is 0 Å². The van der Waals surface area contributed by atoms with E-state index in [2.05, 4.69) is 23.7 Å². The fraction of sp³-hybridized carbons (Fsp3) is 0.903. The number of phosphoric acid groups is 1. The Hall–Kier alpha value is -1.52. The monoisotopic (exact) mass is 637 g/mol. The van der Waals surface area contributed by atoms with Crippen molar-refractivity contribution in [1.82, 2.24) is 5.32 Å². The van der Waals surface area contributed by atoms with E-state index in [4.69, 9.17) is 9.26 Å². The molecule has 0 aromatic heterocycles. The maximum absolute atomic E-state index is 12.1. The van der Waals surface area contributed by atoms with Crippen molar-refractivity contribution < 1.29 is 47.8 Å². The Morgan fingerprint density at radius 1 is 0.651 bits per heavy atom. The van der Waals surface area contributed by atoms with Crippen LogP contribution in [0.25, 0.3) is 0 Å². The number of hydrogen-bond donors (Lipinski definition) is 4. The van der Waals surface area contributed by atoms with Crippen LogP contribution in [0.4, 0.5) is 0 Å². The zero-order valence-electron chi connectivity index (χ0n) is 26.8. The van der Waals surface area contributed by atoms with E-state index in [1.54, 1.807) is 0 Å². The Bertz CT molecular complexity index is 767. The van der Waals surface area contributed by atoms with Gasteiger partial charge in [0.15, 0.2) is 6.04 Å². The largest absolute Gasteiger partial charge is 0.480 e. The van der Waals surface area contributed by atoms with Crippen LogP contribution >= 0.6 is 7.82 Å². The molecule has 0 radical (unpaired) electrons. The molecule has 0 aliphatic carbocycles. The third kappa shape index (κ3) is 27.7. The van der Waals surface area contributed by atoms with Gasteiger partial charge in [0.1, 0.15) is 12.7 Å². The lowest BCUT2D eigenvalue weighted by molar-refractivity contribution is -0.147. The minimum absolute atomic E-state index is 0.144. The number of carbonyl (C=O) groups excluding carboxylic acids is 2. The maximum atomic E-state index is 12.1. The average molecular weight is 638 g/mol. The summed E-state index contributed by atoms with van der Waals surface area (Å²) in [7, 11) is -4.72. The maximum Gasteiger partial charge on any atom is 0.472 e. The molecule has 11 nitrogen and oxygen atoms in total. The summed E-state index contributed by atoms with van der Waals surface area (Å²) >= 11 is 0. The summed E-state index contributed by atoms with van der Waals surface area (Å²) in [6.07, 6.45) is 20.6. The second-order valence-electron chi connectivity index (χ2n) is 11.4. The number of aliphatic hydroxyl groups is 1. The molecule has 43 heavy (non-hydrogen) atoms. The zero-order chi connectivity index (χ0) is 32.2. The van der Waals surface area contributed by atoms with Crippen molar-refractivity contribution in [3.05, 3.63) is 0 Å². The van der Waals surface area contributed by atoms with Crippen molar-refractivity contribution in [2.45, 2.75) is 161 Å². The summed E-state index contributed by atoms with van der Waals surface area (Å²) in [5.41, 5.74) is 0. The van der Waals surface area contributed by atoms with E-state index in [0.717, 1.165) is 44.9 Å². The summed E-state index contributed by atoms with van der Waals surface area (Å²) in [4.78, 5) is 45.1. The molecule has 0 aliphatic rings. The number of ether oxygens (including phenoxy) is 1. The second-order valence-corrected chi connectivity index (χ2v) is 12.8. The van der Waals surface area contributed by atoms with Gasteiger partial charge in [-0.25, -0.2) is 9.36 Å². The first-order valence-corrected chi connectivity index (χ1v) is 18.1. The lowest BCUT2D eigenvalue weighted by atomic mass is 10.0. The summed E-state index contributed by atoms with van der Waals surface area (Å²) in [6.45, 7) is 2.44. The van der Waals surface area contributed by atoms with Crippen LogP contribution in [0.3, 0.4) is 0 Å². The van der Waals surface area contributed by atoms with Gasteiger partial charge in [-0.15, -0.1) is 0 Å². The first-order chi connectivity index (χ1) is 20.6. The lowest BCUT2D eigenvalue weighted by Crippen LogP contribution is -2.43. The number of hydrogen-bond acceptors (Lipinski definition) is 8. The fourth-order valence-electron chi connectivity index (χ4n) is 4.49. The van der Waals surface area contributed by atoms with Gasteiger partial charge in [0, 0.05) is 12.8 Å². The van der Waals surface area contributed by atoms with E-state index in [9.17, 15) is 34.1 Å². The van der Waals surface area contributed by atoms with Crippen LogP contribution in [-0.2, 0) is 32.7 Å². The lowest BCUT2D eigenvalue weighted by Gasteiger charge is -2.18. The predicted molar refractivity (Wildman–Crippen MR) is 167 cm³/mol. The van der Waals surface area contributed by atoms with E-state index < -0.39 is 57.6 Å². The highest BCUT2D eigenvalue weighted by Crippen LogP contribution is 2.43. The van der Waals surface area contributed by atoms with Gasteiger partial charge in [-0.2, -0.15) is 0 Å². The van der Waals surface area contributed by atoms with Crippen molar-refractivity contribution >= 4 is 25.7 Å². The number of carbonyl (C=O) groups is 3. The van der Waals surface area contributed by atoms with Crippen LogP contribution < -0.4 is 5.32 Å². The normalized spacial score (nSPS) is 14.1. The van der Waals surface area contributed by atoms with Crippen molar-refractivity contribution in [3.63, 3.8) is 0 Å². The fourth-order valence-corrected chi connectivity index (χ4v) is 5.26. The van der Waals surface area contributed by atoms with Gasteiger partial charge in [-0.3, -0.25) is 18.6 Å². The SMILES string of the molecule is CCCCCCCCCCCCCCCCC(=O)OCC(O)COP(=O)(O)OCC(NC(=O)CCCCCCC)C(=O)O. The average Bonchev–Trinajstić information content (AvgIpc) is 2.97. The van der Waals surface area contributed by atoms with Crippen LogP contribution in [0, 0.1) is 0 Å². The third-order valence-corrected chi connectivity index (χ3v) is 8.10. The van der Waals surface area contributed by atoms with Crippen LogP contribution in [0.2, 0.25) is 0 Å². The number of aliphatic carboxylic acids is 1. The van der Waals surface area contributed by atoms with E-state index in [-0.39, 0.29) is 12.8 Å². The van der Waals surface area contributed by atoms with Crippen molar-refractivity contribution in [2.75, 3.05) is 19.8 Å². The van der Waals surface area contributed by atoms with E-state index in [1.807, 2.05) is 0 Å². The van der Waals surface area contributed by atoms with Gasteiger partial charge in [-0.1, -0.05) is 123 Å². The number of amides is 1. The number of aliphatic hydroxyl groups excluding tert-OH is 1. The summed E-state index contributed by atoms with van der Waals surface area (Å²) in [5.74, 6) is -2.38. The first kappa shape index (κ1) is 41.5. The molecule has 0 aromatic rings. The van der Waals surface area contributed by atoms with Gasteiger partial charge < -0.3 is 25.2 Å². The molecule has 1 amide bonds. The molecule has 0 fully saturated rings. The molecule has 3 atom stereocenters. The standard InChI is InChI=1S/C31H60NO10P/c1-3-5-7-9-10-11-12-13-14-15-16-17-19-21-23-30(35)40-24-27(33)25-41-43(38,39)42-26-28(31(36)37)32-29(34)22-20-18-8-6-4-2/h27-28,33H,3-26H2,1-2H3,(H,32,34)(H,36,37)(H,38,39). The third-order valence-electron chi connectivity index (χ3n) is 7.15. The highest BCUT2D eigenvalue weighted by Gasteiger charge is 2.28. The highest BCUT2D eigenvalue weighted by atomic mass is 31.2. The van der Waals surface area contributed by atoms with E-state index in [0.29, 0.717) is 12.8 Å². The van der Waals surface area contributed by atoms with E-state index in [1.165, 1.54) is 64.2 Å². The minimum Gasteiger partial charge on any atom is -0.480 e. The topological polar surface area (TPSA) is 169 Å². The second kappa shape index (κ2) is 28.0. The number of phosphoric ester groups is 1. The predicted octanol–water partition coefficient (Wildman–Crippen LogP) is 6.83. The molecule has 0 saturated carbocycles. The molecule has 3 unspecified atom stereocenters. The molecule has 0 saturated heterocycles. The quantitative estimate of drug-likeness (QED) is 0.0359. The van der Waals surface area contributed by atoms with E-state index >= 15 is 0 Å². The van der Waals surface area contributed by atoms with Crippen LogP contribution in [0.1, 0.15) is 149 Å². The Kier molecular flexibility index (Phi) is 27.0.